The first-order valence-electron chi connectivity index (χ1n) is 8.36. The number of amides is 3. The van der Waals surface area contributed by atoms with E-state index in [9.17, 15) is 14.4 Å². The Balaban J connectivity index is 1.45. The second kappa shape index (κ2) is 7.36. The summed E-state index contributed by atoms with van der Waals surface area (Å²) in [6.07, 6.45) is 2.29. The molecule has 4 rings (SSSR count). The number of imide groups is 1. The predicted molar refractivity (Wildman–Crippen MR) is 105 cm³/mol. The molecule has 1 fully saturated rings. The zero-order chi connectivity index (χ0) is 19.0. The van der Waals surface area contributed by atoms with Gasteiger partial charge in [-0.3, -0.25) is 19.3 Å². The molecule has 3 heterocycles. The van der Waals surface area contributed by atoms with Crippen LogP contribution in [0.3, 0.4) is 0 Å². The fraction of sp³-hybridized carbons (Fsp3) is 0.211. The number of halogens is 1. The Morgan fingerprint density at radius 1 is 1.19 bits per heavy atom. The van der Waals surface area contributed by atoms with Crippen molar-refractivity contribution in [2.45, 2.75) is 13.0 Å². The Morgan fingerprint density at radius 2 is 1.96 bits per heavy atom. The average Bonchev–Trinajstić information content (AvgIpc) is 3.19. The highest BCUT2D eigenvalue weighted by Crippen LogP contribution is 2.33. The maximum atomic E-state index is 12.6. The Hall–Kier alpha value is -2.32. The van der Waals surface area contributed by atoms with Crippen LogP contribution in [0.1, 0.15) is 16.9 Å². The zero-order valence-corrected chi connectivity index (χ0v) is 16.6. The number of furan rings is 1. The number of hydrogen-bond donors (Lipinski definition) is 0. The molecule has 0 unspecified atom stereocenters. The summed E-state index contributed by atoms with van der Waals surface area (Å²) in [5.74, 6) is -0.233. The molecule has 1 aromatic heterocycles. The molecule has 1 saturated heterocycles. The second-order valence-electron chi connectivity index (χ2n) is 6.24. The van der Waals surface area contributed by atoms with Crippen molar-refractivity contribution in [1.82, 2.24) is 9.80 Å². The van der Waals surface area contributed by atoms with E-state index < -0.39 is 11.1 Å². The Labute approximate surface area is 168 Å². The predicted octanol–water partition coefficient (Wildman–Crippen LogP) is 3.66. The van der Waals surface area contributed by atoms with Crippen molar-refractivity contribution in [3.8, 4) is 0 Å². The standard InChI is InChI=1S/C19H15BrN2O4S/c20-16-6-5-14(26-16)9-15-18(24)22(19(25)27-15)11-17(23)21-8-7-12-3-1-2-4-13(12)10-21/h1-6,9H,7-8,10-11H2/b15-9-. The van der Waals surface area contributed by atoms with Crippen LogP contribution in [0.25, 0.3) is 6.08 Å². The van der Waals surface area contributed by atoms with Gasteiger partial charge in [0.05, 0.1) is 4.91 Å². The highest BCUT2D eigenvalue weighted by Gasteiger charge is 2.37. The third-order valence-electron chi connectivity index (χ3n) is 4.52. The SMILES string of the molecule is O=C(CN1C(=O)S/C(=C\c2ccc(Br)o2)C1=O)N1CCc2ccccc2C1. The van der Waals surface area contributed by atoms with Gasteiger partial charge in [-0.15, -0.1) is 0 Å². The molecule has 2 aliphatic heterocycles. The molecular formula is C19H15BrN2O4S. The minimum atomic E-state index is -0.469. The molecule has 1 aromatic carbocycles. The van der Waals surface area contributed by atoms with Crippen molar-refractivity contribution < 1.29 is 18.8 Å². The summed E-state index contributed by atoms with van der Waals surface area (Å²) in [7, 11) is 0. The molecule has 8 heteroatoms. The number of carbonyl (C=O) groups is 3. The molecule has 6 nitrogen and oxygen atoms in total. The molecule has 0 bridgehead atoms. The van der Waals surface area contributed by atoms with Crippen LogP contribution in [-0.4, -0.2) is 39.9 Å². The molecule has 2 aromatic rings. The van der Waals surface area contributed by atoms with Crippen LogP contribution in [-0.2, 0) is 22.6 Å². The van der Waals surface area contributed by atoms with E-state index in [4.69, 9.17) is 4.42 Å². The summed E-state index contributed by atoms with van der Waals surface area (Å²) in [5.41, 5.74) is 2.34. The van der Waals surface area contributed by atoms with E-state index in [0.29, 0.717) is 23.5 Å². The summed E-state index contributed by atoms with van der Waals surface area (Å²) in [6, 6.07) is 11.4. The lowest BCUT2D eigenvalue weighted by atomic mass is 10.00. The molecule has 27 heavy (non-hydrogen) atoms. The van der Waals surface area contributed by atoms with Crippen LogP contribution >= 0.6 is 27.7 Å². The molecule has 3 amide bonds. The number of fused-ring (bicyclic) bond motifs is 1. The Bertz CT molecular complexity index is 968. The van der Waals surface area contributed by atoms with Gasteiger partial charge in [0.2, 0.25) is 5.91 Å². The summed E-state index contributed by atoms with van der Waals surface area (Å²) < 4.78 is 5.88. The fourth-order valence-corrected chi connectivity index (χ4v) is 4.25. The van der Waals surface area contributed by atoms with Crippen molar-refractivity contribution in [2.24, 2.45) is 0 Å². The van der Waals surface area contributed by atoms with Crippen molar-refractivity contribution in [3.05, 3.63) is 62.9 Å². The van der Waals surface area contributed by atoms with Crippen LogP contribution in [0.4, 0.5) is 4.79 Å². The molecular weight excluding hydrogens is 432 g/mol. The number of thioether (sulfide) groups is 1. The van der Waals surface area contributed by atoms with Gasteiger partial charge in [-0.2, -0.15) is 0 Å². The number of carbonyl (C=O) groups excluding carboxylic acids is 3. The third kappa shape index (κ3) is 3.72. The quantitative estimate of drug-likeness (QED) is 0.672. The van der Waals surface area contributed by atoms with Crippen molar-refractivity contribution in [3.63, 3.8) is 0 Å². The molecule has 138 valence electrons. The maximum Gasteiger partial charge on any atom is 0.294 e. The topological polar surface area (TPSA) is 70.8 Å². The van der Waals surface area contributed by atoms with Crippen LogP contribution in [0, 0.1) is 0 Å². The number of benzene rings is 1. The first kappa shape index (κ1) is 18.1. The Kier molecular flexibility index (Phi) is 4.92. The summed E-state index contributed by atoms with van der Waals surface area (Å²) >= 11 is 4.01. The van der Waals surface area contributed by atoms with Gasteiger partial charge < -0.3 is 9.32 Å². The summed E-state index contributed by atoms with van der Waals surface area (Å²) in [4.78, 5) is 40.3. The molecule has 0 aliphatic carbocycles. The number of hydrogen-bond acceptors (Lipinski definition) is 5. The van der Waals surface area contributed by atoms with Gasteiger partial charge in [-0.25, -0.2) is 0 Å². The first-order chi connectivity index (χ1) is 13.0. The van der Waals surface area contributed by atoms with Crippen LogP contribution in [0.2, 0.25) is 0 Å². The van der Waals surface area contributed by atoms with Crippen LogP contribution < -0.4 is 0 Å². The smallest absolute Gasteiger partial charge is 0.294 e. The molecule has 0 N–H and O–H groups in total. The Morgan fingerprint density at radius 3 is 2.70 bits per heavy atom. The third-order valence-corrected chi connectivity index (χ3v) is 5.85. The van der Waals surface area contributed by atoms with Crippen molar-refractivity contribution in [1.29, 1.82) is 0 Å². The summed E-state index contributed by atoms with van der Waals surface area (Å²) in [6.45, 7) is 0.843. The van der Waals surface area contributed by atoms with Gasteiger partial charge >= 0.3 is 0 Å². The second-order valence-corrected chi connectivity index (χ2v) is 8.02. The molecule has 2 aliphatic rings. The highest BCUT2D eigenvalue weighted by atomic mass is 79.9. The van der Waals surface area contributed by atoms with E-state index in [1.54, 1.807) is 17.0 Å². The van der Waals surface area contributed by atoms with Gasteiger partial charge in [-0.05, 0) is 57.4 Å². The first-order valence-corrected chi connectivity index (χ1v) is 9.97. The monoisotopic (exact) mass is 446 g/mol. The summed E-state index contributed by atoms with van der Waals surface area (Å²) in [5, 5.41) is -0.442. The van der Waals surface area contributed by atoms with Gasteiger partial charge in [-0.1, -0.05) is 24.3 Å². The zero-order valence-electron chi connectivity index (χ0n) is 14.2. The maximum absolute atomic E-state index is 12.6. The molecule has 0 spiro atoms. The van der Waals surface area contributed by atoms with Gasteiger partial charge in [0.1, 0.15) is 12.3 Å². The fourth-order valence-electron chi connectivity index (χ4n) is 3.12. The van der Waals surface area contributed by atoms with Crippen LogP contribution in [0.15, 0.2) is 50.4 Å². The lowest BCUT2D eigenvalue weighted by Crippen LogP contribution is -2.44. The highest BCUT2D eigenvalue weighted by molar-refractivity contribution is 9.10. The molecule has 0 atom stereocenters. The normalized spacial score (nSPS) is 18.3. The van der Waals surface area contributed by atoms with Gasteiger partial charge in [0.15, 0.2) is 4.67 Å². The van der Waals surface area contributed by atoms with E-state index in [1.165, 1.54) is 11.6 Å². The number of nitrogens with zero attached hydrogens (tertiary/aromatic N) is 2. The lowest BCUT2D eigenvalue weighted by molar-refractivity contribution is -0.136. The van der Waals surface area contributed by atoms with Gasteiger partial charge in [0, 0.05) is 19.2 Å². The van der Waals surface area contributed by atoms with E-state index in [-0.39, 0.29) is 17.4 Å². The van der Waals surface area contributed by atoms with Crippen molar-refractivity contribution in [2.75, 3.05) is 13.1 Å². The van der Waals surface area contributed by atoms with Crippen LogP contribution in [0.5, 0.6) is 0 Å². The largest absolute Gasteiger partial charge is 0.450 e. The lowest BCUT2D eigenvalue weighted by Gasteiger charge is -2.29. The van der Waals surface area contributed by atoms with E-state index in [1.807, 2.05) is 18.2 Å². The minimum Gasteiger partial charge on any atom is -0.450 e. The van der Waals surface area contributed by atoms with E-state index >= 15 is 0 Å². The minimum absolute atomic E-state index is 0.228. The van der Waals surface area contributed by atoms with E-state index in [2.05, 4.69) is 22.0 Å². The van der Waals surface area contributed by atoms with E-state index in [0.717, 1.165) is 28.6 Å². The number of rotatable bonds is 3. The van der Waals surface area contributed by atoms with Gasteiger partial charge in [0.25, 0.3) is 11.1 Å². The molecule has 0 saturated carbocycles. The average molecular weight is 447 g/mol. The van der Waals surface area contributed by atoms with Crippen molar-refractivity contribution >= 4 is 50.8 Å². The molecule has 0 radical (unpaired) electrons.